The first kappa shape index (κ1) is 15.5. The van der Waals surface area contributed by atoms with Gasteiger partial charge in [-0.25, -0.2) is 0 Å². The van der Waals surface area contributed by atoms with Crippen LogP contribution in [0.2, 0.25) is 0 Å². The third-order valence-electron chi connectivity index (χ3n) is 4.44. The van der Waals surface area contributed by atoms with E-state index in [1.54, 1.807) is 0 Å². The molecular weight excluding hydrogens is 266 g/mol. The summed E-state index contributed by atoms with van der Waals surface area (Å²) in [5.41, 5.74) is 0.164. The minimum Gasteiger partial charge on any atom is -0.481 e. The molecule has 1 saturated carbocycles. The van der Waals surface area contributed by atoms with Crippen LogP contribution in [-0.4, -0.2) is 17.0 Å². The Morgan fingerprint density at radius 2 is 1.81 bits per heavy atom. The molecule has 1 aromatic rings. The number of benzene rings is 1. The van der Waals surface area contributed by atoms with Crippen LogP contribution >= 0.6 is 0 Å². The first-order chi connectivity index (χ1) is 10.0. The molecule has 1 atom stereocenters. The number of rotatable bonds is 5. The third-order valence-corrected chi connectivity index (χ3v) is 4.44. The molecule has 1 amide bonds. The molecule has 2 rings (SSSR count). The number of hydrogen-bond donors (Lipinski definition) is 2. The molecule has 1 fully saturated rings. The second-order valence-electron chi connectivity index (χ2n) is 6.02. The van der Waals surface area contributed by atoms with Gasteiger partial charge in [0.1, 0.15) is 0 Å². The van der Waals surface area contributed by atoms with E-state index in [-0.39, 0.29) is 18.4 Å². The van der Waals surface area contributed by atoms with E-state index in [2.05, 4.69) is 5.32 Å². The molecule has 0 spiro atoms. The summed E-state index contributed by atoms with van der Waals surface area (Å²) in [5, 5.41) is 12.4. The van der Waals surface area contributed by atoms with Crippen molar-refractivity contribution in [2.24, 2.45) is 5.41 Å². The maximum absolute atomic E-state index is 12.2. The highest BCUT2D eigenvalue weighted by Gasteiger charge is 2.41. The summed E-state index contributed by atoms with van der Waals surface area (Å²) in [5.74, 6) is -1.000. The first-order valence-corrected chi connectivity index (χ1v) is 7.61. The number of hydrogen-bond acceptors (Lipinski definition) is 2. The van der Waals surface area contributed by atoms with Crippen LogP contribution in [0.3, 0.4) is 0 Å². The minimum absolute atomic E-state index is 0.0828. The molecule has 4 heteroatoms. The fourth-order valence-corrected chi connectivity index (χ4v) is 3.12. The van der Waals surface area contributed by atoms with Crippen molar-refractivity contribution in [3.05, 3.63) is 35.9 Å². The Labute approximate surface area is 125 Å². The van der Waals surface area contributed by atoms with Crippen LogP contribution in [0.1, 0.15) is 57.1 Å². The standard InChI is InChI=1S/C17H23NO3/c1-13(14-8-4-2-5-9-14)18-15(19)12-17(16(20)21)10-6-3-7-11-17/h2,4-5,8-9,13H,3,6-7,10-12H2,1H3,(H,18,19)(H,20,21)/t13-/m1/s1. The maximum atomic E-state index is 12.2. The van der Waals surface area contributed by atoms with Crippen molar-refractivity contribution in [2.45, 2.75) is 51.5 Å². The Bertz CT molecular complexity index is 492. The van der Waals surface area contributed by atoms with Gasteiger partial charge in [-0.05, 0) is 25.3 Å². The van der Waals surface area contributed by atoms with Gasteiger partial charge in [0.25, 0.3) is 0 Å². The predicted octanol–water partition coefficient (Wildman–Crippen LogP) is 3.29. The lowest BCUT2D eigenvalue weighted by Gasteiger charge is -2.32. The summed E-state index contributed by atoms with van der Waals surface area (Å²) in [7, 11) is 0. The predicted molar refractivity (Wildman–Crippen MR) is 80.8 cm³/mol. The van der Waals surface area contributed by atoms with Crippen LogP contribution in [0.15, 0.2) is 30.3 Å². The Balaban J connectivity index is 1.98. The fraction of sp³-hybridized carbons (Fsp3) is 0.529. The van der Waals surface area contributed by atoms with Gasteiger partial charge in [-0.15, -0.1) is 0 Å². The molecule has 2 N–H and O–H groups in total. The van der Waals surface area contributed by atoms with E-state index in [4.69, 9.17) is 0 Å². The van der Waals surface area contributed by atoms with Gasteiger partial charge in [0, 0.05) is 6.42 Å². The van der Waals surface area contributed by atoms with Crippen molar-refractivity contribution in [3.63, 3.8) is 0 Å². The van der Waals surface area contributed by atoms with Crippen molar-refractivity contribution >= 4 is 11.9 Å². The Kier molecular flexibility index (Phi) is 4.99. The van der Waals surface area contributed by atoms with E-state index >= 15 is 0 Å². The lowest BCUT2D eigenvalue weighted by atomic mass is 9.71. The van der Waals surface area contributed by atoms with Crippen LogP contribution in [-0.2, 0) is 9.59 Å². The fourth-order valence-electron chi connectivity index (χ4n) is 3.12. The van der Waals surface area contributed by atoms with Gasteiger partial charge < -0.3 is 10.4 Å². The zero-order valence-corrected chi connectivity index (χ0v) is 12.5. The molecule has 0 unspecified atom stereocenters. The number of amides is 1. The topological polar surface area (TPSA) is 66.4 Å². The van der Waals surface area contributed by atoms with Crippen molar-refractivity contribution in [2.75, 3.05) is 0 Å². The number of carboxylic acid groups (broad SMARTS) is 1. The molecule has 0 bridgehead atoms. The van der Waals surface area contributed by atoms with E-state index in [0.29, 0.717) is 12.8 Å². The minimum atomic E-state index is -0.862. The van der Waals surface area contributed by atoms with Gasteiger partial charge in [-0.1, -0.05) is 49.6 Å². The highest BCUT2D eigenvalue weighted by atomic mass is 16.4. The average Bonchev–Trinajstić information content (AvgIpc) is 2.48. The Hall–Kier alpha value is -1.84. The molecule has 21 heavy (non-hydrogen) atoms. The summed E-state index contributed by atoms with van der Waals surface area (Å²) >= 11 is 0. The lowest BCUT2D eigenvalue weighted by molar-refractivity contribution is -0.154. The monoisotopic (exact) mass is 289 g/mol. The molecule has 0 radical (unpaired) electrons. The van der Waals surface area contributed by atoms with Gasteiger partial charge in [0.2, 0.25) is 5.91 Å². The highest BCUT2D eigenvalue weighted by Crippen LogP contribution is 2.39. The maximum Gasteiger partial charge on any atom is 0.310 e. The summed E-state index contributed by atoms with van der Waals surface area (Å²) in [6.07, 6.45) is 4.16. The number of carbonyl (C=O) groups is 2. The zero-order valence-electron chi connectivity index (χ0n) is 12.5. The molecule has 1 aliphatic rings. The van der Waals surface area contributed by atoms with Crippen LogP contribution in [0.4, 0.5) is 0 Å². The van der Waals surface area contributed by atoms with Crippen molar-refractivity contribution in [3.8, 4) is 0 Å². The number of carboxylic acids is 1. The van der Waals surface area contributed by atoms with Crippen molar-refractivity contribution in [1.82, 2.24) is 5.32 Å². The third kappa shape index (κ3) is 3.84. The van der Waals surface area contributed by atoms with Crippen LogP contribution in [0, 0.1) is 5.41 Å². The number of aliphatic carboxylic acids is 1. The van der Waals surface area contributed by atoms with Crippen LogP contribution < -0.4 is 5.32 Å². The Morgan fingerprint density at radius 1 is 1.19 bits per heavy atom. The summed E-state index contributed by atoms with van der Waals surface area (Å²) in [6.45, 7) is 1.92. The lowest BCUT2D eigenvalue weighted by Crippen LogP contribution is -2.39. The number of carbonyl (C=O) groups excluding carboxylic acids is 1. The molecule has 114 valence electrons. The van der Waals surface area contributed by atoms with Crippen LogP contribution in [0.25, 0.3) is 0 Å². The molecule has 0 heterocycles. The molecule has 1 aliphatic carbocycles. The van der Waals surface area contributed by atoms with Gasteiger partial charge in [-0.2, -0.15) is 0 Å². The van der Waals surface area contributed by atoms with Gasteiger partial charge >= 0.3 is 5.97 Å². The molecule has 1 aromatic carbocycles. The SMILES string of the molecule is C[C@@H](NC(=O)CC1(C(=O)O)CCCCC1)c1ccccc1. The van der Waals surface area contributed by atoms with Gasteiger partial charge in [0.15, 0.2) is 0 Å². The van der Waals surface area contributed by atoms with Crippen LogP contribution in [0.5, 0.6) is 0 Å². The molecule has 0 aromatic heterocycles. The van der Waals surface area contributed by atoms with Crippen molar-refractivity contribution in [1.29, 1.82) is 0 Å². The zero-order chi connectivity index (χ0) is 15.3. The average molecular weight is 289 g/mol. The summed E-state index contributed by atoms with van der Waals surface area (Å²) < 4.78 is 0. The number of nitrogens with one attached hydrogen (secondary N) is 1. The molecular formula is C17H23NO3. The molecule has 4 nitrogen and oxygen atoms in total. The largest absolute Gasteiger partial charge is 0.481 e. The molecule has 0 aliphatic heterocycles. The van der Waals surface area contributed by atoms with E-state index in [1.807, 2.05) is 37.3 Å². The van der Waals surface area contributed by atoms with Gasteiger partial charge in [0.05, 0.1) is 11.5 Å². The normalized spacial score (nSPS) is 18.7. The van der Waals surface area contributed by atoms with E-state index in [9.17, 15) is 14.7 Å². The smallest absolute Gasteiger partial charge is 0.310 e. The summed E-state index contributed by atoms with van der Waals surface area (Å²) in [4.78, 5) is 23.8. The highest BCUT2D eigenvalue weighted by molar-refractivity contribution is 5.85. The first-order valence-electron chi connectivity index (χ1n) is 7.61. The van der Waals surface area contributed by atoms with E-state index < -0.39 is 11.4 Å². The van der Waals surface area contributed by atoms with Crippen molar-refractivity contribution < 1.29 is 14.7 Å². The van der Waals surface area contributed by atoms with E-state index in [1.165, 1.54) is 0 Å². The molecule has 0 saturated heterocycles. The van der Waals surface area contributed by atoms with E-state index in [0.717, 1.165) is 24.8 Å². The van der Waals surface area contributed by atoms with Gasteiger partial charge in [-0.3, -0.25) is 9.59 Å². The quantitative estimate of drug-likeness (QED) is 0.874. The second kappa shape index (κ2) is 6.74. The second-order valence-corrected chi connectivity index (χ2v) is 6.02. The summed E-state index contributed by atoms with van der Waals surface area (Å²) in [6, 6.07) is 9.60. The Morgan fingerprint density at radius 3 is 2.38 bits per heavy atom.